The summed E-state index contributed by atoms with van der Waals surface area (Å²) in [5.74, 6) is -2.13. The molecule has 9 aromatic rings. The molecule has 0 amide bonds. The molecule has 0 atom stereocenters. The van der Waals surface area contributed by atoms with Crippen molar-refractivity contribution in [2.75, 3.05) is 0 Å². The van der Waals surface area contributed by atoms with Crippen LogP contribution in [-0.4, -0.2) is 72.6 Å². The Kier molecular flexibility index (Phi) is 21.4. The Bertz CT molecular complexity index is 2900. The van der Waals surface area contributed by atoms with Crippen LogP contribution in [0.25, 0.3) is 33.1 Å². The number of ketones is 1. The maximum atomic E-state index is 12.9. The van der Waals surface area contributed by atoms with Crippen LogP contribution in [0.15, 0.2) is 113 Å². The number of pyridine rings is 6. The van der Waals surface area contributed by atoms with Crippen molar-refractivity contribution >= 4 is 163 Å². The molecule has 63 heavy (non-hydrogen) atoms. The van der Waals surface area contributed by atoms with Gasteiger partial charge in [0.15, 0.2) is 29.0 Å². The minimum absolute atomic E-state index is 0.0330. The number of aromatic nitrogens is 12. The van der Waals surface area contributed by atoms with Gasteiger partial charge < -0.3 is 0 Å². The van der Waals surface area contributed by atoms with E-state index in [2.05, 4.69) is 186 Å². The molecule has 0 aromatic carbocycles. The van der Waals surface area contributed by atoms with Gasteiger partial charge in [0.25, 0.3) is 0 Å². The normalized spacial score (nSPS) is 10.2. The van der Waals surface area contributed by atoms with Crippen molar-refractivity contribution in [1.82, 2.24) is 60.5 Å². The van der Waals surface area contributed by atoms with Crippen molar-refractivity contribution in [3.8, 4) is 0 Å². The van der Waals surface area contributed by atoms with E-state index in [0.717, 1.165) is 66.8 Å². The van der Waals surface area contributed by atoms with Crippen LogP contribution in [0, 0.1) is 21.5 Å². The number of Topliss-reactive ketones (excluding diaryl/α,β-unsaturated/α-hetero) is 1. The first-order valence-electron chi connectivity index (χ1n) is 17.6. The highest BCUT2D eigenvalue weighted by Crippen LogP contribution is 2.21. The van der Waals surface area contributed by atoms with E-state index >= 15 is 0 Å². The van der Waals surface area contributed by atoms with Crippen LogP contribution in [0.1, 0.15) is 46.7 Å². The molecule has 0 aliphatic rings. The third-order valence-electron chi connectivity index (χ3n) is 7.47. The number of nitrogens with one attached hydrogen (secondary N) is 3. The van der Waals surface area contributed by atoms with Gasteiger partial charge in [0, 0.05) is 86.9 Å². The average Bonchev–Trinajstić information content (AvgIpc) is 4.02. The largest absolute Gasteiger partial charge is 0.298 e. The fourth-order valence-electron chi connectivity index (χ4n) is 4.54. The number of carbonyl (C=O) groups excluding carboxylic acids is 2. The maximum Gasteiger partial charge on any atom is 0.223 e. The highest BCUT2D eigenvalue weighted by atomic mass is 127. The molecule has 0 saturated heterocycles. The lowest BCUT2D eigenvalue weighted by Crippen LogP contribution is -2.02. The van der Waals surface area contributed by atoms with Crippen LogP contribution in [0.3, 0.4) is 0 Å². The predicted octanol–water partition coefficient (Wildman–Crippen LogP) is 12.7. The predicted molar refractivity (Wildman–Crippen MR) is 263 cm³/mol. The van der Waals surface area contributed by atoms with E-state index in [4.69, 9.17) is 0 Å². The molecule has 0 saturated carbocycles. The standard InChI is InChI=1S/C8H7BrFNO.C8H8BrN3.C6H3BrFNO.C6H3BrIN3.C6H4BrN3.C5H3BrFN/c1-2-7(12)6-3-5(9)4-11-8(6)10;1-2-7-6-3-5(9)4-10-8(6)12-11-7;7-5-1-4(3-10)6(8)9-2-5;7-3-1-4-5(8)10-11-6(4)9-2-3;7-5-1-4-2-9-10-6(4)8-3-5;6-4-1-2-5(7)8-3-4/h3-4H,2H2,1H3;3-4H,2H2,1H3,(H,10,11,12);1-3H;1-2H,(H,9,10,11);1-3H,(H,8,9,10);1-3H. The van der Waals surface area contributed by atoms with Gasteiger partial charge in [-0.1, -0.05) is 13.8 Å². The summed E-state index contributed by atoms with van der Waals surface area (Å²) in [5, 5.41) is 23.7. The molecule has 0 unspecified atom stereocenters. The second-order valence-electron chi connectivity index (χ2n) is 11.8. The van der Waals surface area contributed by atoms with Crippen LogP contribution in [0.5, 0.6) is 0 Å². The Labute approximate surface area is 420 Å². The van der Waals surface area contributed by atoms with Crippen LogP contribution < -0.4 is 0 Å². The fraction of sp³-hybridized carbons (Fsp3) is 0.103. The Balaban J connectivity index is 0.000000167. The number of nitrogens with zero attached hydrogens (tertiary/aromatic N) is 9. The topological polar surface area (TPSA) is 198 Å². The molecule has 0 aliphatic carbocycles. The first-order chi connectivity index (χ1) is 30.1. The van der Waals surface area contributed by atoms with Gasteiger partial charge in [0.05, 0.1) is 22.7 Å². The molecule has 9 heterocycles. The van der Waals surface area contributed by atoms with Crippen molar-refractivity contribution in [3.63, 3.8) is 0 Å². The molecule has 0 aliphatic heterocycles. The fourth-order valence-corrected chi connectivity index (χ4v) is 6.98. The average molecular weight is 1360 g/mol. The zero-order chi connectivity index (χ0) is 46.1. The number of halogens is 10. The van der Waals surface area contributed by atoms with E-state index in [1.54, 1.807) is 37.8 Å². The van der Waals surface area contributed by atoms with E-state index in [1.165, 1.54) is 36.8 Å². The molecule has 14 nitrogen and oxygen atoms in total. The Morgan fingerprint density at radius 2 is 1.19 bits per heavy atom. The third-order valence-corrected chi connectivity index (χ3v) is 10.9. The van der Waals surface area contributed by atoms with Crippen molar-refractivity contribution < 1.29 is 22.8 Å². The zero-order valence-corrected chi connectivity index (χ0v) is 43.9. The molecule has 0 spiro atoms. The van der Waals surface area contributed by atoms with Gasteiger partial charge in [-0.3, -0.25) is 24.9 Å². The molecule has 326 valence electrons. The van der Waals surface area contributed by atoms with Gasteiger partial charge in [-0.2, -0.15) is 28.5 Å². The zero-order valence-electron chi connectivity index (χ0n) is 32.2. The van der Waals surface area contributed by atoms with Gasteiger partial charge in [-0.05, 0) is 167 Å². The van der Waals surface area contributed by atoms with Crippen molar-refractivity contribution in [1.29, 1.82) is 0 Å². The number of rotatable bonds is 4. The molecule has 0 radical (unpaired) electrons. The first kappa shape index (κ1) is 51.7. The Morgan fingerprint density at radius 1 is 0.635 bits per heavy atom. The van der Waals surface area contributed by atoms with Crippen molar-refractivity contribution in [2.45, 2.75) is 26.7 Å². The smallest absolute Gasteiger partial charge is 0.223 e. The lowest BCUT2D eigenvalue weighted by atomic mass is 10.1. The van der Waals surface area contributed by atoms with Crippen molar-refractivity contribution in [3.05, 3.63) is 151 Å². The van der Waals surface area contributed by atoms with E-state index in [0.29, 0.717) is 15.2 Å². The number of aldehydes is 1. The number of aromatic amines is 3. The summed E-state index contributed by atoms with van der Waals surface area (Å²) in [6, 6.07) is 11.7. The lowest BCUT2D eigenvalue weighted by molar-refractivity contribution is 0.0982. The molecule has 0 fully saturated rings. The minimum atomic E-state index is -0.738. The summed E-state index contributed by atoms with van der Waals surface area (Å²) in [6.07, 6.45) is 12.7. The number of aryl methyl sites for hydroxylation is 1. The van der Waals surface area contributed by atoms with Gasteiger partial charge in [-0.15, -0.1) is 0 Å². The first-order valence-corrected chi connectivity index (χ1v) is 23.4. The minimum Gasteiger partial charge on any atom is -0.298 e. The van der Waals surface area contributed by atoms with Gasteiger partial charge >= 0.3 is 0 Å². The molecular weight excluding hydrogens is 1330 g/mol. The Morgan fingerprint density at radius 3 is 1.79 bits per heavy atom. The summed E-state index contributed by atoms with van der Waals surface area (Å²) in [5.41, 5.74) is 3.52. The van der Waals surface area contributed by atoms with Crippen LogP contribution >= 0.6 is 118 Å². The molecule has 3 N–H and O–H groups in total. The van der Waals surface area contributed by atoms with Gasteiger partial charge in [0.1, 0.15) is 3.70 Å². The lowest BCUT2D eigenvalue weighted by Gasteiger charge is -1.98. The number of H-pyrrole nitrogens is 3. The summed E-state index contributed by atoms with van der Waals surface area (Å²) in [4.78, 5) is 43.6. The van der Waals surface area contributed by atoms with Gasteiger partial charge in [0.2, 0.25) is 17.8 Å². The van der Waals surface area contributed by atoms with Crippen LogP contribution in [0.4, 0.5) is 13.2 Å². The Hall–Kier alpha value is -3.95. The quantitative estimate of drug-likeness (QED) is 0.0656. The maximum absolute atomic E-state index is 12.9. The highest BCUT2D eigenvalue weighted by molar-refractivity contribution is 14.1. The van der Waals surface area contributed by atoms with E-state index in [-0.39, 0.29) is 23.3 Å². The van der Waals surface area contributed by atoms with Crippen molar-refractivity contribution in [2.24, 2.45) is 0 Å². The second kappa shape index (κ2) is 26.1. The van der Waals surface area contributed by atoms with E-state index in [9.17, 15) is 22.8 Å². The number of carbonyl (C=O) groups is 2. The summed E-state index contributed by atoms with van der Waals surface area (Å²) < 4.78 is 43.2. The number of hydrogen-bond acceptors (Lipinski definition) is 11. The molecular formula is C39H28Br6F3IN12O2. The molecule has 0 bridgehead atoms. The summed E-state index contributed by atoms with van der Waals surface area (Å²) in [7, 11) is 0. The summed E-state index contributed by atoms with van der Waals surface area (Å²) >= 11 is 21.5. The second-order valence-corrected chi connectivity index (χ2v) is 18.4. The highest BCUT2D eigenvalue weighted by Gasteiger charge is 2.11. The monoisotopic (exact) mass is 1350 g/mol. The number of hydrogen-bond donors (Lipinski definition) is 3. The third kappa shape index (κ3) is 16.5. The van der Waals surface area contributed by atoms with Gasteiger partial charge in [-0.25, -0.2) is 29.9 Å². The molecule has 24 heteroatoms. The SMILES string of the molecule is Brc1cnc2[nH]ncc2c1.Brc1cnc2n[nH]c(I)c2c1.CCC(=O)c1cc(Br)cnc1F.CCc1[nH]nc2ncc(Br)cc12.Fc1ccc(Br)cn1.O=Cc1cc(Br)cnc1F. The summed E-state index contributed by atoms with van der Waals surface area (Å²) in [6.45, 7) is 3.77. The molecule has 9 rings (SSSR count). The molecule has 9 aromatic heterocycles. The van der Waals surface area contributed by atoms with Crippen LogP contribution in [-0.2, 0) is 6.42 Å². The van der Waals surface area contributed by atoms with Crippen LogP contribution in [0.2, 0.25) is 0 Å². The van der Waals surface area contributed by atoms with E-state index < -0.39 is 17.8 Å². The van der Waals surface area contributed by atoms with E-state index in [1.807, 2.05) is 18.2 Å². The number of fused-ring (bicyclic) bond motifs is 3.